The number of aliphatic hydroxyl groups excluding tert-OH is 1. The first kappa shape index (κ1) is 16.1. The van der Waals surface area contributed by atoms with E-state index in [0.29, 0.717) is 19.1 Å². The van der Waals surface area contributed by atoms with E-state index in [2.05, 4.69) is 38.2 Å². The molecule has 2 atom stereocenters. The average molecular weight is 293 g/mol. The van der Waals surface area contributed by atoms with Crippen LogP contribution in [0.15, 0.2) is 12.1 Å². The fourth-order valence-corrected chi connectivity index (χ4v) is 2.66. The van der Waals surface area contributed by atoms with Gasteiger partial charge in [-0.05, 0) is 31.9 Å². The molecule has 0 aromatic heterocycles. The van der Waals surface area contributed by atoms with Crippen LogP contribution in [-0.2, 0) is 13.0 Å². The third kappa shape index (κ3) is 3.89. The number of aliphatic hydroxyl groups is 1. The maximum atomic E-state index is 9.42. The van der Waals surface area contributed by atoms with Crippen molar-refractivity contribution in [2.24, 2.45) is 5.92 Å². The second-order valence-electron chi connectivity index (χ2n) is 6.05. The van der Waals surface area contributed by atoms with Crippen molar-refractivity contribution in [3.63, 3.8) is 0 Å². The van der Waals surface area contributed by atoms with Gasteiger partial charge in [0, 0.05) is 30.1 Å². The summed E-state index contributed by atoms with van der Waals surface area (Å²) in [7, 11) is 0. The van der Waals surface area contributed by atoms with Gasteiger partial charge in [-0.3, -0.25) is 0 Å². The van der Waals surface area contributed by atoms with Gasteiger partial charge in [-0.1, -0.05) is 13.8 Å². The van der Waals surface area contributed by atoms with E-state index in [9.17, 15) is 5.11 Å². The second kappa shape index (κ2) is 7.14. The smallest absolute Gasteiger partial charge is 0.124 e. The Labute approximate surface area is 127 Å². The van der Waals surface area contributed by atoms with Crippen LogP contribution in [0.4, 0.5) is 0 Å². The van der Waals surface area contributed by atoms with E-state index in [0.717, 1.165) is 23.5 Å². The molecule has 2 rings (SSSR count). The minimum absolute atomic E-state index is 0.0903. The van der Waals surface area contributed by atoms with Crippen molar-refractivity contribution in [2.75, 3.05) is 13.2 Å². The zero-order chi connectivity index (χ0) is 15.4. The molecule has 4 nitrogen and oxygen atoms in total. The SMILES string of the molecule is CCOc1cc2c(cc1CNC(CO)C(C)C)OC(C)C2. The van der Waals surface area contributed by atoms with Crippen molar-refractivity contribution in [1.29, 1.82) is 0 Å². The van der Waals surface area contributed by atoms with Crippen LogP contribution in [0.5, 0.6) is 11.5 Å². The molecule has 0 amide bonds. The van der Waals surface area contributed by atoms with Crippen LogP contribution in [0.1, 0.15) is 38.8 Å². The number of rotatable bonds is 7. The summed E-state index contributed by atoms with van der Waals surface area (Å²) in [5, 5.41) is 12.8. The molecule has 0 aliphatic carbocycles. The maximum absolute atomic E-state index is 9.42. The molecule has 0 saturated heterocycles. The minimum Gasteiger partial charge on any atom is -0.494 e. The Morgan fingerprint density at radius 1 is 1.43 bits per heavy atom. The van der Waals surface area contributed by atoms with Crippen LogP contribution in [0, 0.1) is 5.92 Å². The Morgan fingerprint density at radius 3 is 2.81 bits per heavy atom. The Morgan fingerprint density at radius 2 is 2.19 bits per heavy atom. The highest BCUT2D eigenvalue weighted by atomic mass is 16.5. The van der Waals surface area contributed by atoms with Gasteiger partial charge in [-0.25, -0.2) is 0 Å². The van der Waals surface area contributed by atoms with Crippen LogP contribution in [0.25, 0.3) is 0 Å². The first-order valence-corrected chi connectivity index (χ1v) is 7.84. The minimum atomic E-state index is 0.0903. The Kier molecular flexibility index (Phi) is 5.48. The molecule has 0 saturated carbocycles. The van der Waals surface area contributed by atoms with Crippen molar-refractivity contribution >= 4 is 0 Å². The predicted octanol–water partition coefficient (Wildman–Crippen LogP) is 2.52. The molecular weight excluding hydrogens is 266 g/mol. The molecule has 21 heavy (non-hydrogen) atoms. The summed E-state index contributed by atoms with van der Waals surface area (Å²) in [6.45, 7) is 9.74. The van der Waals surface area contributed by atoms with E-state index in [1.807, 2.05) is 6.92 Å². The molecule has 1 heterocycles. The number of nitrogens with one attached hydrogen (secondary N) is 1. The Balaban J connectivity index is 2.15. The van der Waals surface area contributed by atoms with Gasteiger partial charge in [-0.2, -0.15) is 0 Å². The number of fused-ring (bicyclic) bond motifs is 1. The highest BCUT2D eigenvalue weighted by Gasteiger charge is 2.22. The average Bonchev–Trinajstić information content (AvgIpc) is 2.78. The van der Waals surface area contributed by atoms with E-state index in [1.165, 1.54) is 5.56 Å². The topological polar surface area (TPSA) is 50.7 Å². The molecule has 1 aliphatic heterocycles. The highest BCUT2D eigenvalue weighted by Crippen LogP contribution is 2.35. The zero-order valence-electron chi connectivity index (χ0n) is 13.5. The molecule has 2 unspecified atom stereocenters. The largest absolute Gasteiger partial charge is 0.494 e. The molecular formula is C17H27NO3. The van der Waals surface area contributed by atoms with E-state index in [4.69, 9.17) is 9.47 Å². The standard InChI is InChI=1S/C17H27NO3/c1-5-20-16-7-13-6-12(4)21-17(13)8-14(16)9-18-15(10-19)11(2)3/h7-8,11-12,15,18-19H,5-6,9-10H2,1-4H3. The molecule has 118 valence electrons. The molecule has 1 aromatic rings. The van der Waals surface area contributed by atoms with Gasteiger partial charge in [0.05, 0.1) is 13.2 Å². The summed E-state index contributed by atoms with van der Waals surface area (Å²) in [5.41, 5.74) is 2.31. The van der Waals surface area contributed by atoms with Crippen molar-refractivity contribution in [3.05, 3.63) is 23.3 Å². The van der Waals surface area contributed by atoms with Gasteiger partial charge in [0.2, 0.25) is 0 Å². The summed E-state index contributed by atoms with van der Waals surface area (Å²) < 4.78 is 11.6. The molecule has 1 aliphatic rings. The van der Waals surface area contributed by atoms with Crippen molar-refractivity contribution in [3.8, 4) is 11.5 Å². The molecule has 1 aromatic carbocycles. The summed E-state index contributed by atoms with van der Waals surface area (Å²) in [6, 6.07) is 4.27. The van der Waals surface area contributed by atoms with Crippen LogP contribution in [0.3, 0.4) is 0 Å². The summed E-state index contributed by atoms with van der Waals surface area (Å²) >= 11 is 0. The third-order valence-corrected chi connectivity index (χ3v) is 3.94. The molecule has 0 fully saturated rings. The van der Waals surface area contributed by atoms with E-state index in [1.54, 1.807) is 0 Å². The third-order valence-electron chi connectivity index (χ3n) is 3.94. The van der Waals surface area contributed by atoms with Gasteiger partial charge in [0.25, 0.3) is 0 Å². The second-order valence-corrected chi connectivity index (χ2v) is 6.05. The molecule has 0 radical (unpaired) electrons. The van der Waals surface area contributed by atoms with Crippen LogP contribution in [0.2, 0.25) is 0 Å². The van der Waals surface area contributed by atoms with Crippen molar-refractivity contribution in [2.45, 2.75) is 52.8 Å². The van der Waals surface area contributed by atoms with Crippen LogP contribution >= 0.6 is 0 Å². The Bertz CT molecular complexity index is 473. The summed E-state index contributed by atoms with van der Waals surface area (Å²) in [4.78, 5) is 0. The Hall–Kier alpha value is -1.26. The van der Waals surface area contributed by atoms with Crippen LogP contribution < -0.4 is 14.8 Å². The van der Waals surface area contributed by atoms with E-state index < -0.39 is 0 Å². The normalized spacial score (nSPS) is 18.5. The monoisotopic (exact) mass is 293 g/mol. The first-order valence-electron chi connectivity index (χ1n) is 7.84. The molecule has 0 spiro atoms. The molecule has 4 heteroatoms. The molecule has 0 bridgehead atoms. The van der Waals surface area contributed by atoms with Gasteiger partial charge < -0.3 is 19.9 Å². The first-order chi connectivity index (χ1) is 10.0. The fraction of sp³-hybridized carbons (Fsp3) is 0.647. The van der Waals surface area contributed by atoms with Crippen molar-refractivity contribution < 1.29 is 14.6 Å². The van der Waals surface area contributed by atoms with Gasteiger partial charge in [-0.15, -0.1) is 0 Å². The van der Waals surface area contributed by atoms with Crippen LogP contribution in [-0.4, -0.2) is 30.5 Å². The summed E-state index contributed by atoms with van der Waals surface area (Å²) in [6.07, 6.45) is 1.17. The van der Waals surface area contributed by atoms with Gasteiger partial charge in [0.15, 0.2) is 0 Å². The molecule has 2 N–H and O–H groups in total. The fourth-order valence-electron chi connectivity index (χ4n) is 2.66. The lowest BCUT2D eigenvalue weighted by Crippen LogP contribution is -2.36. The quantitative estimate of drug-likeness (QED) is 0.811. The lowest BCUT2D eigenvalue weighted by atomic mass is 10.0. The number of hydrogen-bond acceptors (Lipinski definition) is 4. The lowest BCUT2D eigenvalue weighted by Gasteiger charge is -2.21. The van der Waals surface area contributed by atoms with E-state index in [-0.39, 0.29) is 18.8 Å². The lowest BCUT2D eigenvalue weighted by molar-refractivity contribution is 0.209. The van der Waals surface area contributed by atoms with Crippen molar-refractivity contribution in [1.82, 2.24) is 5.32 Å². The zero-order valence-corrected chi connectivity index (χ0v) is 13.5. The van der Waals surface area contributed by atoms with Gasteiger partial charge in [0.1, 0.15) is 17.6 Å². The number of benzene rings is 1. The predicted molar refractivity (Wildman–Crippen MR) is 84.0 cm³/mol. The van der Waals surface area contributed by atoms with E-state index >= 15 is 0 Å². The highest BCUT2D eigenvalue weighted by molar-refractivity contribution is 5.48. The summed E-state index contributed by atoms with van der Waals surface area (Å²) in [5.74, 6) is 2.27. The number of ether oxygens (including phenoxy) is 2. The maximum Gasteiger partial charge on any atom is 0.124 e. The van der Waals surface area contributed by atoms with Gasteiger partial charge >= 0.3 is 0 Å². The number of hydrogen-bond donors (Lipinski definition) is 2.